The second-order valence-electron chi connectivity index (χ2n) is 7.12. The van der Waals surface area contributed by atoms with Crippen molar-refractivity contribution >= 4 is 24.0 Å². The Morgan fingerprint density at radius 1 is 0.829 bits per heavy atom. The van der Waals surface area contributed by atoms with Crippen LogP contribution in [0.15, 0.2) is 77.9 Å². The van der Waals surface area contributed by atoms with Gasteiger partial charge in [0.25, 0.3) is 11.8 Å². The Labute approximate surface area is 202 Å². The Balaban J connectivity index is 1.42. The van der Waals surface area contributed by atoms with Crippen LogP contribution in [-0.2, 0) is 4.79 Å². The number of methoxy groups -OCH3 is 1. The molecule has 0 aliphatic rings. The highest BCUT2D eigenvalue weighted by molar-refractivity contribution is 5.96. The average molecular weight is 476 g/mol. The summed E-state index contributed by atoms with van der Waals surface area (Å²) in [6.45, 7) is 2.18. The number of hydrogen-bond donors (Lipinski definition) is 2. The van der Waals surface area contributed by atoms with E-state index in [4.69, 9.17) is 14.2 Å². The number of benzene rings is 3. The quantitative estimate of drug-likeness (QED) is 0.201. The van der Waals surface area contributed by atoms with Gasteiger partial charge in [0.05, 0.1) is 32.0 Å². The first-order chi connectivity index (χ1) is 17.0. The summed E-state index contributed by atoms with van der Waals surface area (Å²) in [4.78, 5) is 36.3. The van der Waals surface area contributed by atoms with E-state index >= 15 is 0 Å². The van der Waals surface area contributed by atoms with Crippen molar-refractivity contribution in [1.82, 2.24) is 10.7 Å². The van der Waals surface area contributed by atoms with Gasteiger partial charge in [-0.15, -0.1) is 0 Å². The summed E-state index contributed by atoms with van der Waals surface area (Å²) in [6.07, 6.45) is 1.43. The molecule has 9 heteroatoms. The largest absolute Gasteiger partial charge is 0.497 e. The van der Waals surface area contributed by atoms with E-state index in [0.717, 1.165) is 0 Å². The fraction of sp³-hybridized carbons (Fsp3) is 0.154. The first kappa shape index (κ1) is 25.0. The molecule has 0 fully saturated rings. The van der Waals surface area contributed by atoms with Gasteiger partial charge in [0.2, 0.25) is 0 Å². The predicted octanol–water partition coefficient (Wildman–Crippen LogP) is 3.19. The summed E-state index contributed by atoms with van der Waals surface area (Å²) >= 11 is 0. The van der Waals surface area contributed by atoms with E-state index < -0.39 is 11.9 Å². The monoisotopic (exact) mass is 475 g/mol. The van der Waals surface area contributed by atoms with Crippen LogP contribution in [0.2, 0.25) is 0 Å². The Kier molecular flexibility index (Phi) is 8.95. The molecular weight excluding hydrogens is 450 g/mol. The van der Waals surface area contributed by atoms with Gasteiger partial charge in [-0.2, -0.15) is 5.10 Å². The number of esters is 1. The molecule has 0 aromatic heterocycles. The molecule has 0 spiro atoms. The topological polar surface area (TPSA) is 115 Å². The zero-order valence-electron chi connectivity index (χ0n) is 19.3. The maximum atomic E-state index is 12.2. The molecule has 0 atom stereocenters. The molecule has 3 aromatic rings. The first-order valence-electron chi connectivity index (χ1n) is 10.8. The number of ether oxygens (including phenoxy) is 3. The van der Waals surface area contributed by atoms with Crippen LogP contribution in [0.3, 0.4) is 0 Å². The lowest BCUT2D eigenvalue weighted by molar-refractivity contribution is -0.120. The van der Waals surface area contributed by atoms with Gasteiger partial charge >= 0.3 is 5.97 Å². The van der Waals surface area contributed by atoms with E-state index in [2.05, 4.69) is 15.8 Å². The molecule has 2 N–H and O–H groups in total. The van der Waals surface area contributed by atoms with Crippen molar-refractivity contribution in [3.63, 3.8) is 0 Å². The van der Waals surface area contributed by atoms with E-state index in [0.29, 0.717) is 40.5 Å². The van der Waals surface area contributed by atoms with Crippen LogP contribution in [0.25, 0.3) is 0 Å². The van der Waals surface area contributed by atoms with Crippen LogP contribution in [-0.4, -0.2) is 44.3 Å². The molecule has 0 saturated carbocycles. The summed E-state index contributed by atoms with van der Waals surface area (Å²) in [5.41, 5.74) is 3.83. The van der Waals surface area contributed by atoms with Crippen LogP contribution in [0.4, 0.5) is 0 Å². The molecule has 0 aliphatic carbocycles. The zero-order chi connectivity index (χ0) is 25.0. The lowest BCUT2D eigenvalue weighted by Gasteiger charge is -2.06. The summed E-state index contributed by atoms with van der Waals surface area (Å²) in [7, 11) is 1.55. The highest BCUT2D eigenvalue weighted by atomic mass is 16.5. The average Bonchev–Trinajstić information content (AvgIpc) is 2.89. The Morgan fingerprint density at radius 2 is 1.43 bits per heavy atom. The highest BCUT2D eigenvalue weighted by Gasteiger charge is 2.09. The fourth-order valence-corrected chi connectivity index (χ4v) is 2.87. The van der Waals surface area contributed by atoms with E-state index in [1.165, 1.54) is 6.21 Å². The van der Waals surface area contributed by atoms with Crippen LogP contribution in [0.5, 0.6) is 17.2 Å². The lowest BCUT2D eigenvalue weighted by atomic mass is 10.2. The molecule has 35 heavy (non-hydrogen) atoms. The number of rotatable bonds is 10. The van der Waals surface area contributed by atoms with Gasteiger partial charge in [-0.1, -0.05) is 0 Å². The van der Waals surface area contributed by atoms with Crippen molar-refractivity contribution in [2.24, 2.45) is 5.10 Å². The van der Waals surface area contributed by atoms with Crippen molar-refractivity contribution in [2.75, 3.05) is 20.3 Å². The smallest absolute Gasteiger partial charge is 0.343 e. The van der Waals surface area contributed by atoms with E-state index in [9.17, 15) is 14.4 Å². The third kappa shape index (κ3) is 7.71. The maximum Gasteiger partial charge on any atom is 0.343 e. The fourth-order valence-electron chi connectivity index (χ4n) is 2.87. The van der Waals surface area contributed by atoms with Crippen LogP contribution in [0.1, 0.15) is 33.2 Å². The molecule has 2 amide bonds. The van der Waals surface area contributed by atoms with Crippen LogP contribution < -0.4 is 25.0 Å². The van der Waals surface area contributed by atoms with Gasteiger partial charge in [-0.25, -0.2) is 10.2 Å². The molecule has 0 radical (unpaired) electrons. The van der Waals surface area contributed by atoms with Gasteiger partial charge in [0, 0.05) is 5.56 Å². The van der Waals surface area contributed by atoms with Crippen molar-refractivity contribution in [3.05, 3.63) is 89.5 Å². The van der Waals surface area contributed by atoms with Gasteiger partial charge in [0.1, 0.15) is 17.2 Å². The molecule has 9 nitrogen and oxygen atoms in total. The minimum absolute atomic E-state index is 0.233. The zero-order valence-corrected chi connectivity index (χ0v) is 19.3. The predicted molar refractivity (Wildman–Crippen MR) is 130 cm³/mol. The number of nitrogens with one attached hydrogen (secondary N) is 2. The van der Waals surface area contributed by atoms with Gasteiger partial charge < -0.3 is 19.5 Å². The number of carbonyl (C=O) groups is 3. The molecule has 0 bridgehead atoms. The second-order valence-corrected chi connectivity index (χ2v) is 7.12. The van der Waals surface area contributed by atoms with Gasteiger partial charge in [-0.05, 0) is 85.3 Å². The van der Waals surface area contributed by atoms with E-state index in [1.54, 1.807) is 79.9 Å². The molecular formula is C26H25N3O6. The number of hydrogen-bond acceptors (Lipinski definition) is 7. The van der Waals surface area contributed by atoms with Crippen molar-refractivity contribution in [2.45, 2.75) is 6.92 Å². The number of nitrogens with zero attached hydrogens (tertiary/aromatic N) is 1. The molecule has 3 rings (SSSR count). The SMILES string of the molecule is CCOc1ccc(C(=O)NCC(=O)N/N=C\c2ccc(OC(=O)c3ccc(OC)cc3)cc2)cc1. The number of carbonyl (C=O) groups excluding carboxylic acids is 3. The molecule has 180 valence electrons. The summed E-state index contributed by atoms with van der Waals surface area (Å²) < 4.78 is 15.7. The maximum absolute atomic E-state index is 12.2. The van der Waals surface area contributed by atoms with Crippen molar-refractivity contribution < 1.29 is 28.6 Å². The molecule has 0 unspecified atom stereocenters. The van der Waals surface area contributed by atoms with Crippen molar-refractivity contribution in [3.8, 4) is 17.2 Å². The molecule has 0 aliphatic heterocycles. The second kappa shape index (κ2) is 12.5. The third-order valence-corrected chi connectivity index (χ3v) is 4.66. The molecule has 0 saturated heterocycles. The number of amides is 2. The van der Waals surface area contributed by atoms with Crippen LogP contribution >= 0.6 is 0 Å². The van der Waals surface area contributed by atoms with Crippen LogP contribution in [0, 0.1) is 0 Å². The summed E-state index contributed by atoms with van der Waals surface area (Å²) in [5, 5.41) is 6.39. The Bertz CT molecular complexity index is 1170. The Hall–Kier alpha value is -4.66. The highest BCUT2D eigenvalue weighted by Crippen LogP contribution is 2.16. The minimum atomic E-state index is -0.492. The van der Waals surface area contributed by atoms with Gasteiger partial charge in [-0.3, -0.25) is 9.59 Å². The van der Waals surface area contributed by atoms with E-state index in [1.807, 2.05) is 6.92 Å². The molecule has 3 aromatic carbocycles. The normalized spacial score (nSPS) is 10.5. The van der Waals surface area contributed by atoms with Gasteiger partial charge in [0.15, 0.2) is 0 Å². The molecule has 0 heterocycles. The summed E-state index contributed by atoms with van der Waals surface area (Å²) in [5.74, 6) is 0.321. The third-order valence-electron chi connectivity index (χ3n) is 4.66. The standard InChI is InChI=1S/C26H25N3O6/c1-3-34-22-14-6-19(7-15-22)25(31)27-17-24(30)29-28-16-18-4-10-23(11-5-18)35-26(32)20-8-12-21(33-2)13-9-20/h4-16H,3,17H2,1-2H3,(H,27,31)(H,29,30)/b28-16-. The first-order valence-corrected chi connectivity index (χ1v) is 10.8. The van der Waals surface area contributed by atoms with E-state index in [-0.39, 0.29) is 12.5 Å². The van der Waals surface area contributed by atoms with Crippen molar-refractivity contribution in [1.29, 1.82) is 0 Å². The Morgan fingerprint density at radius 3 is 2.06 bits per heavy atom. The number of hydrazone groups is 1. The minimum Gasteiger partial charge on any atom is -0.497 e. The summed E-state index contributed by atoms with van der Waals surface area (Å²) in [6, 6.07) is 19.8. The lowest BCUT2D eigenvalue weighted by Crippen LogP contribution is -2.34.